The second kappa shape index (κ2) is 5.77. The van der Waals surface area contributed by atoms with E-state index >= 15 is 0 Å². The molecule has 2 rings (SSSR count). The van der Waals surface area contributed by atoms with Crippen molar-refractivity contribution in [2.45, 2.75) is 26.2 Å². The van der Waals surface area contributed by atoms with Gasteiger partial charge >= 0.3 is 0 Å². The fourth-order valence-corrected chi connectivity index (χ4v) is 2.14. The van der Waals surface area contributed by atoms with Gasteiger partial charge < -0.3 is 4.74 Å². The number of aromatic nitrogens is 2. The quantitative estimate of drug-likeness (QED) is 0.644. The Morgan fingerprint density at radius 2 is 1.80 bits per heavy atom. The van der Waals surface area contributed by atoms with Crippen molar-refractivity contribution in [1.29, 1.82) is 0 Å². The van der Waals surface area contributed by atoms with Gasteiger partial charge in [-0.05, 0) is 44.0 Å². The summed E-state index contributed by atoms with van der Waals surface area (Å²) in [6.45, 7) is 6.03. The highest BCUT2D eigenvalue weighted by molar-refractivity contribution is 9.10. The van der Waals surface area contributed by atoms with E-state index in [4.69, 9.17) is 4.74 Å². The Kier molecular flexibility index (Phi) is 4.44. The van der Waals surface area contributed by atoms with E-state index in [0.717, 1.165) is 0 Å². The molecule has 1 heterocycles. The van der Waals surface area contributed by atoms with Crippen LogP contribution in [0, 0.1) is 5.82 Å². The van der Waals surface area contributed by atoms with Crippen LogP contribution in [0.1, 0.15) is 26.6 Å². The molecule has 0 fully saturated rings. The third kappa shape index (κ3) is 3.76. The molecular formula is C14H13Br2FN2O. The maximum absolute atomic E-state index is 13.3. The largest absolute Gasteiger partial charge is 0.438 e. The predicted molar refractivity (Wildman–Crippen MR) is 82.6 cm³/mol. The van der Waals surface area contributed by atoms with Gasteiger partial charge in [-0.15, -0.1) is 0 Å². The van der Waals surface area contributed by atoms with Crippen LogP contribution in [-0.2, 0) is 5.41 Å². The van der Waals surface area contributed by atoms with Crippen molar-refractivity contribution in [1.82, 2.24) is 9.97 Å². The summed E-state index contributed by atoms with van der Waals surface area (Å²) < 4.78 is 20.2. The van der Waals surface area contributed by atoms with Gasteiger partial charge in [-0.2, -0.15) is 4.98 Å². The van der Waals surface area contributed by atoms with Gasteiger partial charge in [0.1, 0.15) is 22.0 Å². The zero-order chi connectivity index (χ0) is 14.9. The average Bonchev–Trinajstić information content (AvgIpc) is 2.32. The highest BCUT2D eigenvalue weighted by Gasteiger charge is 2.19. The van der Waals surface area contributed by atoms with E-state index in [9.17, 15) is 4.39 Å². The van der Waals surface area contributed by atoms with Crippen molar-refractivity contribution < 1.29 is 9.13 Å². The van der Waals surface area contributed by atoms with Crippen molar-refractivity contribution in [3.05, 3.63) is 45.0 Å². The molecular weight excluding hydrogens is 391 g/mol. The number of rotatable bonds is 2. The minimum atomic E-state index is -0.368. The van der Waals surface area contributed by atoms with Crippen molar-refractivity contribution in [2.75, 3.05) is 0 Å². The first-order valence-corrected chi connectivity index (χ1v) is 7.52. The van der Waals surface area contributed by atoms with E-state index in [0.29, 0.717) is 26.5 Å². The molecule has 3 nitrogen and oxygen atoms in total. The molecule has 0 aliphatic rings. The normalized spacial score (nSPS) is 11.5. The van der Waals surface area contributed by atoms with E-state index in [1.54, 1.807) is 12.1 Å². The van der Waals surface area contributed by atoms with E-state index in [1.807, 2.05) is 20.8 Å². The summed E-state index contributed by atoms with van der Waals surface area (Å²) >= 11 is 6.65. The molecule has 1 aromatic carbocycles. The molecule has 2 aromatic rings. The standard InChI is InChI=1S/C14H13Br2FN2O/c1-14(2,3)13-18-11(16)7-12(19-13)20-10-6-8(17)4-5-9(10)15/h4-7H,1-3H3. The van der Waals surface area contributed by atoms with Gasteiger partial charge in [-0.25, -0.2) is 9.37 Å². The van der Waals surface area contributed by atoms with Crippen LogP contribution in [0.25, 0.3) is 0 Å². The minimum Gasteiger partial charge on any atom is -0.438 e. The molecule has 1 aromatic heterocycles. The Hall–Kier alpha value is -1.01. The molecule has 6 heteroatoms. The van der Waals surface area contributed by atoms with Crippen LogP contribution in [0.5, 0.6) is 11.6 Å². The molecule has 0 saturated carbocycles. The third-order valence-electron chi connectivity index (χ3n) is 2.45. The van der Waals surface area contributed by atoms with Crippen LogP contribution in [0.15, 0.2) is 33.3 Å². The lowest BCUT2D eigenvalue weighted by Crippen LogP contribution is -2.16. The molecule has 0 amide bonds. The van der Waals surface area contributed by atoms with Crippen molar-refractivity contribution in [3.8, 4) is 11.6 Å². The third-order valence-corrected chi connectivity index (χ3v) is 3.51. The zero-order valence-electron chi connectivity index (χ0n) is 11.2. The average molecular weight is 404 g/mol. The summed E-state index contributed by atoms with van der Waals surface area (Å²) in [5.74, 6) is 1.01. The van der Waals surface area contributed by atoms with E-state index in [-0.39, 0.29) is 11.2 Å². The van der Waals surface area contributed by atoms with Gasteiger partial charge in [0.25, 0.3) is 0 Å². The van der Waals surface area contributed by atoms with Crippen molar-refractivity contribution in [3.63, 3.8) is 0 Å². The molecule has 0 atom stereocenters. The number of benzene rings is 1. The van der Waals surface area contributed by atoms with Gasteiger partial charge in [-0.3, -0.25) is 0 Å². The lowest BCUT2D eigenvalue weighted by atomic mass is 9.96. The summed E-state index contributed by atoms with van der Waals surface area (Å²) in [4.78, 5) is 8.69. The van der Waals surface area contributed by atoms with Gasteiger partial charge in [0.15, 0.2) is 0 Å². The Bertz CT molecular complexity index is 642. The lowest BCUT2D eigenvalue weighted by molar-refractivity contribution is 0.439. The second-order valence-electron chi connectivity index (χ2n) is 5.28. The predicted octanol–water partition coefficient (Wildman–Crippen LogP) is 5.23. The topological polar surface area (TPSA) is 35.0 Å². The summed E-state index contributed by atoms with van der Waals surface area (Å²) in [5.41, 5.74) is -0.207. The fourth-order valence-electron chi connectivity index (χ4n) is 1.45. The minimum absolute atomic E-state index is 0.207. The number of hydrogen-bond donors (Lipinski definition) is 0. The van der Waals surface area contributed by atoms with Gasteiger partial charge in [0.2, 0.25) is 5.88 Å². The summed E-state index contributed by atoms with van der Waals surface area (Å²) in [5, 5.41) is 0. The van der Waals surface area contributed by atoms with E-state index in [1.165, 1.54) is 12.1 Å². The van der Waals surface area contributed by atoms with Gasteiger partial charge in [0.05, 0.1) is 4.47 Å². The first-order valence-electron chi connectivity index (χ1n) is 5.94. The molecule has 20 heavy (non-hydrogen) atoms. The van der Waals surface area contributed by atoms with Crippen LogP contribution in [-0.4, -0.2) is 9.97 Å². The zero-order valence-corrected chi connectivity index (χ0v) is 14.4. The Balaban J connectivity index is 2.39. The van der Waals surface area contributed by atoms with Gasteiger partial charge in [-0.1, -0.05) is 20.8 Å². The first kappa shape index (κ1) is 15.4. The highest BCUT2D eigenvalue weighted by Crippen LogP contribution is 2.31. The van der Waals surface area contributed by atoms with E-state index < -0.39 is 0 Å². The Morgan fingerprint density at radius 3 is 2.45 bits per heavy atom. The summed E-state index contributed by atoms with van der Waals surface area (Å²) in [6.07, 6.45) is 0. The number of nitrogens with zero attached hydrogens (tertiary/aromatic N) is 2. The van der Waals surface area contributed by atoms with Crippen LogP contribution < -0.4 is 4.74 Å². The maximum Gasteiger partial charge on any atom is 0.223 e. The Morgan fingerprint density at radius 1 is 1.10 bits per heavy atom. The summed E-state index contributed by atoms with van der Waals surface area (Å²) in [6, 6.07) is 5.89. The molecule has 0 saturated heterocycles. The molecule has 0 aliphatic carbocycles. The highest BCUT2D eigenvalue weighted by atomic mass is 79.9. The maximum atomic E-state index is 13.3. The number of ether oxygens (including phenoxy) is 1. The van der Waals surface area contributed by atoms with Crippen LogP contribution in [0.4, 0.5) is 4.39 Å². The van der Waals surface area contributed by atoms with Crippen molar-refractivity contribution in [2.24, 2.45) is 0 Å². The fraction of sp³-hybridized carbons (Fsp3) is 0.286. The van der Waals surface area contributed by atoms with Crippen LogP contribution in [0.2, 0.25) is 0 Å². The lowest BCUT2D eigenvalue weighted by Gasteiger charge is -2.17. The molecule has 106 valence electrons. The second-order valence-corrected chi connectivity index (χ2v) is 6.95. The monoisotopic (exact) mass is 402 g/mol. The van der Waals surface area contributed by atoms with Crippen molar-refractivity contribution >= 4 is 31.9 Å². The molecule has 0 radical (unpaired) electrons. The van der Waals surface area contributed by atoms with Crippen LogP contribution >= 0.6 is 31.9 Å². The molecule has 0 bridgehead atoms. The van der Waals surface area contributed by atoms with E-state index in [2.05, 4.69) is 41.8 Å². The van der Waals surface area contributed by atoms with Crippen LogP contribution in [0.3, 0.4) is 0 Å². The van der Waals surface area contributed by atoms with Gasteiger partial charge in [0, 0.05) is 17.5 Å². The molecule has 0 aliphatic heterocycles. The Labute approximate surface area is 133 Å². The smallest absolute Gasteiger partial charge is 0.223 e. The SMILES string of the molecule is CC(C)(C)c1nc(Br)cc(Oc2cc(F)ccc2Br)n1. The number of halogens is 3. The molecule has 0 unspecified atom stereocenters. The first-order chi connectivity index (χ1) is 9.25. The number of hydrogen-bond acceptors (Lipinski definition) is 3. The summed E-state index contributed by atoms with van der Waals surface area (Å²) in [7, 11) is 0. The molecule has 0 N–H and O–H groups in total. The molecule has 0 spiro atoms.